The Labute approximate surface area is 206 Å². The highest BCUT2D eigenvalue weighted by atomic mass is 19.4. The molecule has 3 aliphatic rings. The molecule has 2 aliphatic heterocycles. The topological polar surface area (TPSA) is 74.7 Å². The van der Waals surface area contributed by atoms with E-state index in [4.69, 9.17) is 4.74 Å². The fourth-order valence-electron chi connectivity index (χ4n) is 4.94. The lowest BCUT2D eigenvalue weighted by molar-refractivity contribution is -0.297. The van der Waals surface area contributed by atoms with Crippen LogP contribution in [-0.2, 0) is 28.7 Å². The first kappa shape index (κ1) is 28.6. The number of aliphatic hydroxyl groups is 1. The number of alkyl halides is 6. The maximum absolute atomic E-state index is 13.4. The van der Waals surface area contributed by atoms with Gasteiger partial charge in [0.05, 0.1) is 12.2 Å². The van der Waals surface area contributed by atoms with Crippen molar-refractivity contribution in [1.29, 1.82) is 0 Å². The monoisotopic (exact) mass is 525 g/mol. The van der Waals surface area contributed by atoms with Crippen molar-refractivity contribution in [3.8, 4) is 0 Å². The van der Waals surface area contributed by atoms with Gasteiger partial charge in [0.15, 0.2) is 5.60 Å². The molecule has 4 atom stereocenters. The van der Waals surface area contributed by atoms with Gasteiger partial charge in [-0.3, -0.25) is 9.78 Å². The maximum atomic E-state index is 13.4. The van der Waals surface area contributed by atoms with Crippen molar-refractivity contribution >= 4 is 5.91 Å². The van der Waals surface area contributed by atoms with Crippen LogP contribution in [-0.4, -0.2) is 64.5 Å². The summed E-state index contributed by atoms with van der Waals surface area (Å²) < 4.78 is 84.1. The predicted octanol–water partition coefficient (Wildman–Crippen LogP) is 4.24. The van der Waals surface area contributed by atoms with Crippen LogP contribution in [0, 0.1) is 5.92 Å². The van der Waals surface area contributed by atoms with E-state index in [1.165, 1.54) is 11.3 Å². The lowest BCUT2D eigenvalue weighted by Gasteiger charge is -2.42. The molecule has 2 fully saturated rings. The van der Waals surface area contributed by atoms with Gasteiger partial charge in [0.2, 0.25) is 5.91 Å². The summed E-state index contributed by atoms with van der Waals surface area (Å²) in [7, 11) is 0. The normalized spacial score (nSPS) is 28.8. The number of nitrogens with one attached hydrogen (secondary N) is 1. The number of hydrogen-bond acceptors (Lipinski definition) is 5. The van der Waals surface area contributed by atoms with Crippen LogP contribution in [0.3, 0.4) is 0 Å². The average Bonchev–Trinajstić information content (AvgIpc) is 3.27. The highest BCUT2D eigenvalue weighted by Gasteiger charge is 2.60. The van der Waals surface area contributed by atoms with Crippen molar-refractivity contribution in [2.24, 2.45) is 5.92 Å². The van der Waals surface area contributed by atoms with E-state index in [1.807, 2.05) is 0 Å². The Hall–Kier alpha value is -1.92. The molecule has 1 saturated carbocycles. The van der Waals surface area contributed by atoms with Crippen LogP contribution in [0.15, 0.2) is 12.3 Å². The van der Waals surface area contributed by atoms with Crippen LogP contribution in [0.4, 0.5) is 26.3 Å². The first-order valence-electron chi connectivity index (χ1n) is 12.3. The molecule has 0 radical (unpaired) electrons. The molecule has 6 nitrogen and oxygen atoms in total. The van der Waals surface area contributed by atoms with E-state index in [1.54, 1.807) is 0 Å². The van der Waals surface area contributed by atoms with Crippen LogP contribution >= 0.6 is 0 Å². The third kappa shape index (κ3) is 6.31. The Morgan fingerprint density at radius 3 is 2.56 bits per heavy atom. The number of carbonyl (C=O) groups is 1. The Balaban J connectivity index is 0.00000115. The van der Waals surface area contributed by atoms with E-state index in [0.717, 1.165) is 12.3 Å². The molecule has 1 aliphatic carbocycles. The molecule has 0 bridgehead atoms. The smallest absolute Gasteiger partial charge is 0.378 e. The summed E-state index contributed by atoms with van der Waals surface area (Å²) in [5, 5.41) is 13.1. The van der Waals surface area contributed by atoms with E-state index in [0.29, 0.717) is 43.5 Å². The number of halogens is 6. The van der Waals surface area contributed by atoms with Gasteiger partial charge in [-0.2, -0.15) is 26.3 Å². The number of rotatable bonds is 3. The van der Waals surface area contributed by atoms with Crippen LogP contribution in [0.1, 0.15) is 62.8 Å². The highest BCUT2D eigenvalue weighted by molar-refractivity contribution is 5.79. The Morgan fingerprint density at radius 2 is 1.92 bits per heavy atom. The minimum absolute atomic E-state index is 0.0113. The molecule has 12 heteroatoms. The van der Waals surface area contributed by atoms with Crippen molar-refractivity contribution in [2.45, 2.75) is 89.0 Å². The van der Waals surface area contributed by atoms with Crippen molar-refractivity contribution < 1.29 is 41.0 Å². The van der Waals surface area contributed by atoms with Gasteiger partial charge < -0.3 is 20.1 Å². The number of aromatic nitrogens is 1. The van der Waals surface area contributed by atoms with Crippen molar-refractivity contribution in [2.75, 3.05) is 19.8 Å². The molecule has 36 heavy (non-hydrogen) atoms. The Bertz CT molecular complexity index is 910. The molecule has 1 aromatic heterocycles. The molecule has 4 rings (SSSR count). The fraction of sp³-hybridized carbons (Fsp3) is 0.750. The first-order chi connectivity index (χ1) is 16.8. The summed E-state index contributed by atoms with van der Waals surface area (Å²) >= 11 is 0. The quantitative estimate of drug-likeness (QED) is 0.578. The standard InChI is InChI=1S/C21H25F6N3O3.C3H8/c22-20(23,24)14-7-13-10-30(5-3-16(13)28-9-14)18(31)12-1-2-15(8-12)29-17-4-6-33-11-19(17,32)21(25,26)27;1-3-2/h7,9,12,15,17,29,32H,1-6,8,10-11H2;3H2,1-2H3/t12-,15+,17?,19?;/m0./s1. The number of ether oxygens (including phenoxy) is 1. The van der Waals surface area contributed by atoms with Gasteiger partial charge in [-0.05, 0) is 37.3 Å². The molecular weight excluding hydrogens is 492 g/mol. The van der Waals surface area contributed by atoms with Crippen LogP contribution in [0.2, 0.25) is 0 Å². The summed E-state index contributed by atoms with van der Waals surface area (Å²) in [5.74, 6) is -0.665. The summed E-state index contributed by atoms with van der Waals surface area (Å²) in [6, 6.07) is -0.602. The van der Waals surface area contributed by atoms with Gasteiger partial charge in [0.25, 0.3) is 0 Å². The third-order valence-corrected chi connectivity index (χ3v) is 6.84. The number of carbonyl (C=O) groups excluding carboxylic acids is 1. The van der Waals surface area contributed by atoms with Crippen LogP contribution < -0.4 is 5.32 Å². The van der Waals surface area contributed by atoms with Crippen LogP contribution in [0.5, 0.6) is 0 Å². The summed E-state index contributed by atoms with van der Waals surface area (Å²) in [6.07, 6.45) is -5.79. The van der Waals surface area contributed by atoms with Gasteiger partial charge in [0.1, 0.15) is 0 Å². The summed E-state index contributed by atoms with van der Waals surface area (Å²) in [4.78, 5) is 18.4. The highest BCUT2D eigenvalue weighted by Crippen LogP contribution is 2.38. The predicted molar refractivity (Wildman–Crippen MR) is 119 cm³/mol. The largest absolute Gasteiger partial charge is 0.421 e. The zero-order valence-corrected chi connectivity index (χ0v) is 20.4. The van der Waals surface area contributed by atoms with E-state index < -0.39 is 42.1 Å². The zero-order valence-electron chi connectivity index (χ0n) is 20.4. The minimum atomic E-state index is -4.86. The van der Waals surface area contributed by atoms with Crippen molar-refractivity contribution in [1.82, 2.24) is 15.2 Å². The van der Waals surface area contributed by atoms with Gasteiger partial charge >= 0.3 is 12.4 Å². The third-order valence-electron chi connectivity index (χ3n) is 6.84. The average molecular weight is 526 g/mol. The van der Waals surface area contributed by atoms with Crippen LogP contribution in [0.25, 0.3) is 0 Å². The van der Waals surface area contributed by atoms with E-state index in [2.05, 4.69) is 24.1 Å². The fourth-order valence-corrected chi connectivity index (χ4v) is 4.94. The van der Waals surface area contributed by atoms with Gasteiger partial charge in [0, 0.05) is 56.0 Å². The van der Waals surface area contributed by atoms with E-state index >= 15 is 0 Å². The molecule has 1 saturated heterocycles. The lowest BCUT2D eigenvalue weighted by Crippen LogP contribution is -2.66. The number of pyridine rings is 1. The Kier molecular flexibility index (Phi) is 8.93. The van der Waals surface area contributed by atoms with Gasteiger partial charge in [-0.15, -0.1) is 0 Å². The van der Waals surface area contributed by atoms with Gasteiger partial charge in [-0.1, -0.05) is 20.3 Å². The molecular formula is C24H33F6N3O3. The second-order valence-electron chi connectivity index (χ2n) is 9.73. The van der Waals surface area contributed by atoms with Gasteiger partial charge in [-0.25, -0.2) is 0 Å². The zero-order chi connectivity index (χ0) is 26.7. The molecule has 2 unspecified atom stereocenters. The molecule has 1 amide bonds. The number of hydrogen-bond donors (Lipinski definition) is 2. The molecule has 204 valence electrons. The van der Waals surface area contributed by atoms with E-state index in [-0.39, 0.29) is 31.5 Å². The second-order valence-corrected chi connectivity index (χ2v) is 9.73. The minimum Gasteiger partial charge on any atom is -0.378 e. The molecule has 1 aromatic rings. The SMILES string of the molecule is CCC.O=C([C@H]1CC[C@@H](NC2CCOCC2(O)C(F)(F)F)C1)N1CCc2ncc(C(F)(F)F)cc2C1. The second kappa shape index (κ2) is 11.2. The summed E-state index contributed by atoms with van der Waals surface area (Å²) in [5.41, 5.74) is -2.97. The molecule has 0 aromatic carbocycles. The van der Waals surface area contributed by atoms with Crippen molar-refractivity contribution in [3.63, 3.8) is 0 Å². The first-order valence-corrected chi connectivity index (χ1v) is 12.3. The molecule has 3 heterocycles. The van der Waals surface area contributed by atoms with E-state index in [9.17, 15) is 36.2 Å². The number of nitrogens with zero attached hydrogens (tertiary/aromatic N) is 2. The molecule has 0 spiro atoms. The lowest BCUT2D eigenvalue weighted by atomic mass is 9.89. The number of fused-ring (bicyclic) bond motifs is 1. The molecule has 2 N–H and O–H groups in total. The van der Waals surface area contributed by atoms with Crippen molar-refractivity contribution in [3.05, 3.63) is 29.1 Å². The summed E-state index contributed by atoms with van der Waals surface area (Å²) in [6.45, 7) is 3.84. The maximum Gasteiger partial charge on any atom is 0.421 e. The Morgan fingerprint density at radius 1 is 1.22 bits per heavy atom. The number of amides is 1.